The minimum atomic E-state index is -0.386. The van der Waals surface area contributed by atoms with E-state index in [1.165, 1.54) is 30.3 Å². The van der Waals surface area contributed by atoms with Crippen molar-refractivity contribution in [3.8, 4) is 0 Å². The van der Waals surface area contributed by atoms with Gasteiger partial charge in [0.2, 0.25) is 5.91 Å². The lowest BCUT2D eigenvalue weighted by atomic mass is 9.70. The maximum Gasteiger partial charge on any atom is 0.253 e. The number of nitrogens with zero attached hydrogens (tertiary/aromatic N) is 1. The van der Waals surface area contributed by atoms with E-state index in [0.717, 1.165) is 5.56 Å². The Morgan fingerprint density at radius 1 is 0.853 bits per heavy atom. The Labute approximate surface area is 198 Å². The fraction of sp³-hybridized carbons (Fsp3) is 0.286. The molecule has 176 valence electrons. The minimum Gasteiger partial charge on any atom is -0.356 e. The zero-order valence-electron chi connectivity index (χ0n) is 19.0. The summed E-state index contributed by atoms with van der Waals surface area (Å²) in [5.74, 6) is -0.857. The summed E-state index contributed by atoms with van der Waals surface area (Å²) in [6, 6.07) is 22.1. The van der Waals surface area contributed by atoms with Crippen LogP contribution in [0.4, 0.5) is 8.78 Å². The Morgan fingerprint density at radius 2 is 1.50 bits per heavy atom. The van der Waals surface area contributed by atoms with Gasteiger partial charge < -0.3 is 10.2 Å². The molecule has 3 aromatic rings. The lowest BCUT2D eigenvalue weighted by Crippen LogP contribution is -2.47. The first-order valence-corrected chi connectivity index (χ1v) is 11.6. The van der Waals surface area contributed by atoms with Crippen molar-refractivity contribution >= 4 is 11.8 Å². The van der Waals surface area contributed by atoms with Crippen LogP contribution in [-0.2, 0) is 16.6 Å². The first kappa shape index (κ1) is 23.6. The summed E-state index contributed by atoms with van der Waals surface area (Å²) in [7, 11) is 0. The molecular weight excluding hydrogens is 434 g/mol. The first-order chi connectivity index (χ1) is 16.5. The average molecular weight is 463 g/mol. The monoisotopic (exact) mass is 462 g/mol. The van der Waals surface area contributed by atoms with Crippen LogP contribution in [-0.4, -0.2) is 36.3 Å². The van der Waals surface area contributed by atoms with Crippen molar-refractivity contribution in [3.05, 3.63) is 107 Å². The Balaban J connectivity index is 1.41. The molecule has 0 aromatic heterocycles. The summed E-state index contributed by atoms with van der Waals surface area (Å²) >= 11 is 0. The molecule has 0 atom stereocenters. The van der Waals surface area contributed by atoms with Crippen LogP contribution in [0.15, 0.2) is 78.9 Å². The van der Waals surface area contributed by atoms with Gasteiger partial charge in [-0.15, -0.1) is 0 Å². The van der Waals surface area contributed by atoms with Crippen LogP contribution in [0.5, 0.6) is 0 Å². The number of likely N-dealkylation sites (tertiary alicyclic amines) is 1. The molecule has 1 N–H and O–H groups in total. The molecular formula is C28H28F2N2O2. The van der Waals surface area contributed by atoms with Crippen LogP contribution in [0.2, 0.25) is 0 Å². The number of hydrogen-bond donors (Lipinski definition) is 1. The normalized spacial score (nSPS) is 15.1. The summed E-state index contributed by atoms with van der Waals surface area (Å²) in [5.41, 5.74) is 1.73. The second-order valence-corrected chi connectivity index (χ2v) is 8.81. The first-order valence-electron chi connectivity index (χ1n) is 11.6. The quantitative estimate of drug-likeness (QED) is 0.544. The third-order valence-corrected chi connectivity index (χ3v) is 6.66. The van der Waals surface area contributed by atoms with Crippen molar-refractivity contribution < 1.29 is 18.4 Å². The van der Waals surface area contributed by atoms with E-state index in [4.69, 9.17) is 0 Å². The van der Waals surface area contributed by atoms with Gasteiger partial charge >= 0.3 is 0 Å². The van der Waals surface area contributed by atoms with Gasteiger partial charge in [0, 0.05) is 37.0 Å². The highest BCUT2D eigenvalue weighted by Crippen LogP contribution is 2.39. The molecule has 4 nitrogen and oxygen atoms in total. The minimum absolute atomic E-state index is 0.0847. The molecule has 1 heterocycles. The van der Waals surface area contributed by atoms with Crippen molar-refractivity contribution in [1.82, 2.24) is 10.2 Å². The third kappa shape index (κ3) is 5.50. The number of carbonyl (C=O) groups is 2. The molecule has 6 heteroatoms. The topological polar surface area (TPSA) is 49.4 Å². The Hall–Kier alpha value is -3.54. The lowest BCUT2D eigenvalue weighted by Gasteiger charge is -2.42. The van der Waals surface area contributed by atoms with Crippen molar-refractivity contribution in [2.24, 2.45) is 0 Å². The summed E-state index contributed by atoms with van der Waals surface area (Å²) in [6.45, 7) is 1.38. The third-order valence-electron chi connectivity index (χ3n) is 6.66. The smallest absolute Gasteiger partial charge is 0.253 e. The summed E-state index contributed by atoms with van der Waals surface area (Å²) in [6.07, 6.45) is 2.01. The SMILES string of the molecule is O=C(CC1(c2ccccc2)CCN(C(=O)c2ccc(F)cc2)CC1)NCCc1ccccc1F. The average Bonchev–Trinajstić information content (AvgIpc) is 2.86. The highest BCUT2D eigenvalue weighted by atomic mass is 19.1. The van der Waals surface area contributed by atoms with Crippen LogP contribution in [0.1, 0.15) is 40.7 Å². The highest BCUT2D eigenvalue weighted by molar-refractivity contribution is 5.94. The van der Waals surface area contributed by atoms with Crippen LogP contribution in [0.25, 0.3) is 0 Å². The van der Waals surface area contributed by atoms with E-state index in [0.29, 0.717) is 56.4 Å². The van der Waals surface area contributed by atoms with Gasteiger partial charge in [-0.3, -0.25) is 9.59 Å². The van der Waals surface area contributed by atoms with E-state index in [1.54, 1.807) is 23.1 Å². The number of rotatable bonds is 7. The fourth-order valence-electron chi connectivity index (χ4n) is 4.68. The van der Waals surface area contributed by atoms with E-state index in [2.05, 4.69) is 5.32 Å². The predicted octanol–water partition coefficient (Wildman–Crippen LogP) is 4.89. The molecule has 1 fully saturated rings. The summed E-state index contributed by atoms with van der Waals surface area (Å²) < 4.78 is 27.1. The Kier molecular flexibility index (Phi) is 7.36. The zero-order valence-corrected chi connectivity index (χ0v) is 19.0. The molecule has 1 aliphatic rings. The van der Waals surface area contributed by atoms with E-state index < -0.39 is 0 Å². The molecule has 34 heavy (non-hydrogen) atoms. The predicted molar refractivity (Wildman–Crippen MR) is 127 cm³/mol. The van der Waals surface area contributed by atoms with Gasteiger partial charge in [-0.2, -0.15) is 0 Å². The van der Waals surface area contributed by atoms with E-state index in [9.17, 15) is 18.4 Å². The van der Waals surface area contributed by atoms with Gasteiger partial charge in [0.05, 0.1) is 0 Å². The van der Waals surface area contributed by atoms with Crippen LogP contribution in [0, 0.1) is 11.6 Å². The second-order valence-electron chi connectivity index (χ2n) is 8.81. The molecule has 0 radical (unpaired) electrons. The van der Waals surface area contributed by atoms with E-state index in [1.807, 2.05) is 30.3 Å². The number of piperidine rings is 1. The molecule has 4 rings (SSSR count). The van der Waals surface area contributed by atoms with Crippen molar-refractivity contribution in [3.63, 3.8) is 0 Å². The largest absolute Gasteiger partial charge is 0.356 e. The standard InChI is InChI=1S/C28H28F2N2O2/c29-24-12-10-22(11-13-24)27(34)32-18-15-28(16-19-32,23-7-2-1-3-8-23)20-26(33)31-17-14-21-6-4-5-9-25(21)30/h1-13H,14-20H2,(H,31,33). The number of nitrogens with one attached hydrogen (secondary N) is 1. The molecule has 3 aromatic carbocycles. The maximum atomic E-state index is 13.8. The van der Waals surface area contributed by atoms with Gasteiger partial charge in [-0.25, -0.2) is 8.78 Å². The van der Waals surface area contributed by atoms with Crippen molar-refractivity contribution in [2.75, 3.05) is 19.6 Å². The van der Waals surface area contributed by atoms with E-state index in [-0.39, 0.29) is 28.9 Å². The van der Waals surface area contributed by atoms with Crippen LogP contribution < -0.4 is 5.32 Å². The van der Waals surface area contributed by atoms with Crippen LogP contribution in [0.3, 0.4) is 0 Å². The maximum absolute atomic E-state index is 13.8. The Bertz CT molecular complexity index is 1120. The summed E-state index contributed by atoms with van der Waals surface area (Å²) in [5, 5.41) is 2.94. The van der Waals surface area contributed by atoms with E-state index >= 15 is 0 Å². The van der Waals surface area contributed by atoms with Gasteiger partial charge in [-0.05, 0) is 60.7 Å². The van der Waals surface area contributed by atoms with Crippen molar-refractivity contribution in [1.29, 1.82) is 0 Å². The molecule has 1 saturated heterocycles. The number of halogens is 2. The summed E-state index contributed by atoms with van der Waals surface area (Å²) in [4.78, 5) is 27.6. The van der Waals surface area contributed by atoms with Gasteiger partial charge in [0.1, 0.15) is 11.6 Å². The molecule has 0 unspecified atom stereocenters. The van der Waals surface area contributed by atoms with Gasteiger partial charge in [0.15, 0.2) is 0 Å². The second kappa shape index (κ2) is 10.6. The number of amides is 2. The molecule has 0 saturated carbocycles. The molecule has 0 aliphatic carbocycles. The molecule has 0 spiro atoms. The zero-order chi connectivity index (χ0) is 24.0. The molecule has 0 bridgehead atoms. The van der Waals surface area contributed by atoms with Crippen molar-refractivity contribution in [2.45, 2.75) is 31.1 Å². The molecule has 2 amide bonds. The Morgan fingerprint density at radius 3 is 2.18 bits per heavy atom. The highest BCUT2D eigenvalue weighted by Gasteiger charge is 2.39. The fourth-order valence-corrected chi connectivity index (χ4v) is 4.68. The number of hydrogen-bond acceptors (Lipinski definition) is 2. The number of carbonyl (C=O) groups excluding carboxylic acids is 2. The van der Waals surface area contributed by atoms with Gasteiger partial charge in [-0.1, -0.05) is 48.5 Å². The van der Waals surface area contributed by atoms with Gasteiger partial charge in [0.25, 0.3) is 5.91 Å². The van der Waals surface area contributed by atoms with Crippen LogP contribution >= 0.6 is 0 Å². The molecule has 1 aliphatic heterocycles. The number of benzene rings is 3. The lowest BCUT2D eigenvalue weighted by molar-refractivity contribution is -0.122.